The summed E-state index contributed by atoms with van der Waals surface area (Å²) in [7, 11) is 0. The fourth-order valence-corrected chi connectivity index (χ4v) is 1.44. The molecule has 8 heteroatoms. The number of carbonyl (C=O) groups is 1. The van der Waals surface area contributed by atoms with E-state index < -0.39 is 18.2 Å². The van der Waals surface area contributed by atoms with Crippen molar-refractivity contribution < 1.29 is 18.0 Å². The average Bonchev–Trinajstić information content (AvgIpc) is 2.17. The minimum Gasteiger partial charge on any atom is -0.333 e. The molecule has 0 aromatic carbocycles. The summed E-state index contributed by atoms with van der Waals surface area (Å²) in [5, 5.41) is 4.80. The van der Waals surface area contributed by atoms with Crippen LogP contribution in [0.2, 0.25) is 0 Å². The van der Waals surface area contributed by atoms with Gasteiger partial charge in [-0.2, -0.15) is 13.2 Å². The van der Waals surface area contributed by atoms with Crippen molar-refractivity contribution in [3.8, 4) is 0 Å². The van der Waals surface area contributed by atoms with Gasteiger partial charge in [0.15, 0.2) is 6.17 Å². The van der Waals surface area contributed by atoms with E-state index in [1.165, 1.54) is 0 Å². The monoisotopic (exact) mass is 261 g/mol. The molecule has 1 unspecified atom stereocenters. The van der Waals surface area contributed by atoms with Gasteiger partial charge in [-0.05, 0) is 25.9 Å². The van der Waals surface area contributed by atoms with Crippen LogP contribution >= 0.6 is 12.4 Å². The van der Waals surface area contributed by atoms with E-state index in [0.29, 0.717) is 25.9 Å². The normalized spacial score (nSPS) is 19.8. The van der Waals surface area contributed by atoms with Gasteiger partial charge in [-0.1, -0.05) is 0 Å². The highest BCUT2D eigenvalue weighted by Crippen LogP contribution is 2.18. The first kappa shape index (κ1) is 15.5. The van der Waals surface area contributed by atoms with Crippen LogP contribution in [0.1, 0.15) is 12.8 Å². The fraction of sp³-hybridized carbons (Fsp3) is 0.875. The summed E-state index contributed by atoms with van der Waals surface area (Å²) in [6.45, 7) is 1.30. The lowest BCUT2D eigenvalue weighted by molar-refractivity contribution is -0.162. The quantitative estimate of drug-likeness (QED) is 0.629. The van der Waals surface area contributed by atoms with Gasteiger partial charge in [0.05, 0.1) is 0 Å². The SMILES string of the molecule is Cl.NC(NC(=O)C1CCNCC1)C(F)(F)F. The van der Waals surface area contributed by atoms with Crippen LogP contribution in [0.5, 0.6) is 0 Å². The second-order valence-electron chi connectivity index (χ2n) is 3.55. The summed E-state index contributed by atoms with van der Waals surface area (Å²) in [5.41, 5.74) is 4.79. The summed E-state index contributed by atoms with van der Waals surface area (Å²) in [4.78, 5) is 11.3. The molecule has 1 aliphatic rings. The zero-order valence-electron chi connectivity index (χ0n) is 8.51. The summed E-state index contributed by atoms with van der Waals surface area (Å²) < 4.78 is 36.1. The van der Waals surface area contributed by atoms with E-state index in [1.54, 1.807) is 5.32 Å². The first-order valence-corrected chi connectivity index (χ1v) is 4.74. The van der Waals surface area contributed by atoms with E-state index >= 15 is 0 Å². The van der Waals surface area contributed by atoms with Crippen LogP contribution in [0.25, 0.3) is 0 Å². The maximum atomic E-state index is 12.0. The van der Waals surface area contributed by atoms with Crippen molar-refractivity contribution in [2.24, 2.45) is 11.7 Å². The van der Waals surface area contributed by atoms with Crippen LogP contribution in [-0.4, -0.2) is 31.3 Å². The molecular formula is C8H15ClF3N3O. The Morgan fingerprint density at radius 3 is 2.31 bits per heavy atom. The largest absolute Gasteiger partial charge is 0.421 e. The third-order valence-electron chi connectivity index (χ3n) is 2.36. The molecule has 4 nitrogen and oxygen atoms in total. The number of halogens is 4. The predicted octanol–water partition coefficient (Wildman–Crippen LogP) is 0.371. The molecule has 4 N–H and O–H groups in total. The van der Waals surface area contributed by atoms with Crippen molar-refractivity contribution in [1.29, 1.82) is 0 Å². The van der Waals surface area contributed by atoms with E-state index in [2.05, 4.69) is 5.32 Å². The third kappa shape index (κ3) is 4.54. The van der Waals surface area contributed by atoms with Crippen LogP contribution in [0, 0.1) is 5.92 Å². The molecule has 16 heavy (non-hydrogen) atoms. The Kier molecular flexibility index (Phi) is 6.06. The Hall–Kier alpha value is -0.530. The Labute approximate surface area is 97.5 Å². The topological polar surface area (TPSA) is 67.1 Å². The number of piperidine rings is 1. The molecule has 0 bridgehead atoms. The van der Waals surface area contributed by atoms with Crippen LogP contribution in [0.15, 0.2) is 0 Å². The minimum absolute atomic E-state index is 0. The molecule has 0 spiro atoms. The van der Waals surface area contributed by atoms with Crippen molar-refractivity contribution in [1.82, 2.24) is 10.6 Å². The lowest BCUT2D eigenvalue weighted by Gasteiger charge is -2.24. The Balaban J connectivity index is 0.00000225. The van der Waals surface area contributed by atoms with Crippen molar-refractivity contribution in [2.45, 2.75) is 25.2 Å². The standard InChI is InChI=1S/C8H14F3N3O.ClH/c9-8(10,11)7(12)14-6(15)5-1-3-13-4-2-5;/h5,7,13H,1-4,12H2,(H,14,15);1H. The molecular weight excluding hydrogens is 247 g/mol. The Morgan fingerprint density at radius 1 is 1.38 bits per heavy atom. The number of carbonyl (C=O) groups excluding carboxylic acids is 1. The van der Waals surface area contributed by atoms with Gasteiger partial charge in [0.2, 0.25) is 5.91 Å². The highest BCUT2D eigenvalue weighted by atomic mass is 35.5. The van der Waals surface area contributed by atoms with Gasteiger partial charge >= 0.3 is 6.18 Å². The van der Waals surface area contributed by atoms with Crippen LogP contribution in [0.4, 0.5) is 13.2 Å². The summed E-state index contributed by atoms with van der Waals surface area (Å²) in [5.74, 6) is -0.971. The number of nitrogens with one attached hydrogen (secondary N) is 2. The van der Waals surface area contributed by atoms with Gasteiger partial charge in [-0.3, -0.25) is 4.79 Å². The summed E-state index contributed by atoms with van der Waals surface area (Å²) >= 11 is 0. The first-order valence-electron chi connectivity index (χ1n) is 4.74. The molecule has 96 valence electrons. The smallest absolute Gasteiger partial charge is 0.333 e. The van der Waals surface area contributed by atoms with Gasteiger partial charge < -0.3 is 16.4 Å². The fourth-order valence-electron chi connectivity index (χ4n) is 1.44. The molecule has 0 radical (unpaired) electrons. The van der Waals surface area contributed by atoms with E-state index in [4.69, 9.17) is 5.73 Å². The Morgan fingerprint density at radius 2 is 1.88 bits per heavy atom. The molecule has 1 atom stereocenters. The number of nitrogens with two attached hydrogens (primary N) is 1. The van der Waals surface area contributed by atoms with Gasteiger partial charge in [-0.25, -0.2) is 0 Å². The highest BCUT2D eigenvalue weighted by molar-refractivity contribution is 5.85. The number of alkyl halides is 3. The minimum atomic E-state index is -4.58. The average molecular weight is 262 g/mol. The molecule has 1 amide bonds. The van der Waals surface area contributed by atoms with E-state index in [9.17, 15) is 18.0 Å². The van der Waals surface area contributed by atoms with Crippen LogP contribution in [0.3, 0.4) is 0 Å². The molecule has 1 aliphatic heterocycles. The van der Waals surface area contributed by atoms with Crippen LogP contribution < -0.4 is 16.4 Å². The van der Waals surface area contributed by atoms with Crippen LogP contribution in [-0.2, 0) is 4.79 Å². The molecule has 0 aromatic heterocycles. The zero-order valence-corrected chi connectivity index (χ0v) is 9.33. The van der Waals surface area contributed by atoms with Gasteiger partial charge in [-0.15, -0.1) is 12.4 Å². The molecule has 0 aliphatic carbocycles. The third-order valence-corrected chi connectivity index (χ3v) is 2.36. The van der Waals surface area contributed by atoms with Gasteiger partial charge in [0, 0.05) is 5.92 Å². The van der Waals surface area contributed by atoms with E-state index in [0.717, 1.165) is 0 Å². The highest BCUT2D eigenvalue weighted by Gasteiger charge is 2.38. The first-order chi connectivity index (χ1) is 6.91. The van der Waals surface area contributed by atoms with E-state index in [-0.39, 0.29) is 18.3 Å². The lowest BCUT2D eigenvalue weighted by Crippen LogP contribution is -2.54. The van der Waals surface area contributed by atoms with Crippen molar-refractivity contribution in [3.05, 3.63) is 0 Å². The van der Waals surface area contributed by atoms with Gasteiger partial charge in [0.1, 0.15) is 0 Å². The summed E-state index contributed by atoms with van der Waals surface area (Å²) in [6.07, 6.45) is -5.74. The zero-order chi connectivity index (χ0) is 11.5. The predicted molar refractivity (Wildman–Crippen MR) is 55.0 cm³/mol. The van der Waals surface area contributed by atoms with Gasteiger partial charge in [0.25, 0.3) is 0 Å². The number of amides is 1. The maximum absolute atomic E-state index is 12.0. The molecule has 1 fully saturated rings. The molecule has 1 heterocycles. The molecule has 0 saturated carbocycles. The molecule has 0 aromatic rings. The molecule has 1 rings (SSSR count). The number of hydrogen-bond donors (Lipinski definition) is 3. The van der Waals surface area contributed by atoms with Crippen molar-refractivity contribution in [2.75, 3.05) is 13.1 Å². The maximum Gasteiger partial charge on any atom is 0.421 e. The number of hydrogen-bond acceptors (Lipinski definition) is 3. The van der Waals surface area contributed by atoms with Crippen molar-refractivity contribution >= 4 is 18.3 Å². The lowest BCUT2D eigenvalue weighted by atomic mass is 9.97. The number of rotatable bonds is 2. The summed E-state index contributed by atoms with van der Waals surface area (Å²) in [6, 6.07) is 0. The van der Waals surface area contributed by atoms with E-state index in [1.807, 2.05) is 0 Å². The second kappa shape index (κ2) is 6.27. The second-order valence-corrected chi connectivity index (χ2v) is 3.55. The van der Waals surface area contributed by atoms with Crippen molar-refractivity contribution in [3.63, 3.8) is 0 Å². The Bertz CT molecular complexity index is 231. The molecule has 1 saturated heterocycles.